The third kappa shape index (κ3) is 5.01. The lowest BCUT2D eigenvalue weighted by Crippen LogP contribution is -2.06. The van der Waals surface area contributed by atoms with Gasteiger partial charge in [-0.1, -0.05) is 29.8 Å². The lowest BCUT2D eigenvalue weighted by Gasteiger charge is -2.16. The quantitative estimate of drug-likeness (QED) is 0.399. The van der Waals surface area contributed by atoms with Gasteiger partial charge in [-0.25, -0.2) is 4.79 Å². The molecule has 156 valence electrons. The van der Waals surface area contributed by atoms with Crippen LogP contribution in [0.1, 0.15) is 15.9 Å². The largest absolute Gasteiger partial charge is 0.496 e. The Balaban J connectivity index is 2.02. The lowest BCUT2D eigenvalue weighted by atomic mass is 10.0. The predicted octanol–water partition coefficient (Wildman–Crippen LogP) is 6.85. The SMILES string of the molecule is COc1ccc(C(=O)O)cc1SNc1cc(C(F)(F)F)ccc1-c1cccc(Cl)c1. The first-order valence-electron chi connectivity index (χ1n) is 8.50. The van der Waals surface area contributed by atoms with Crippen LogP contribution in [0.4, 0.5) is 18.9 Å². The molecule has 0 spiro atoms. The van der Waals surface area contributed by atoms with Gasteiger partial charge >= 0.3 is 12.1 Å². The van der Waals surface area contributed by atoms with Crippen molar-refractivity contribution in [3.63, 3.8) is 0 Å². The minimum atomic E-state index is -4.52. The number of aromatic carboxylic acids is 1. The molecule has 0 amide bonds. The fourth-order valence-corrected chi connectivity index (χ4v) is 3.73. The molecule has 0 saturated heterocycles. The van der Waals surface area contributed by atoms with Gasteiger partial charge in [0.15, 0.2) is 0 Å². The van der Waals surface area contributed by atoms with E-state index in [1.165, 1.54) is 31.4 Å². The van der Waals surface area contributed by atoms with Crippen LogP contribution in [0, 0.1) is 0 Å². The molecular weight excluding hydrogens is 439 g/mol. The van der Waals surface area contributed by atoms with E-state index in [2.05, 4.69) is 4.72 Å². The van der Waals surface area contributed by atoms with Crippen molar-refractivity contribution in [3.8, 4) is 16.9 Å². The first kappa shape index (κ1) is 21.9. The number of hydrogen-bond donors (Lipinski definition) is 2. The Morgan fingerprint density at radius 2 is 1.87 bits per heavy atom. The molecular formula is C21H15ClF3NO3S. The maximum Gasteiger partial charge on any atom is 0.416 e. The fraction of sp³-hybridized carbons (Fsp3) is 0.0952. The van der Waals surface area contributed by atoms with Crippen LogP contribution in [0.5, 0.6) is 5.75 Å². The molecule has 0 bridgehead atoms. The average molecular weight is 454 g/mol. The summed E-state index contributed by atoms with van der Waals surface area (Å²) >= 11 is 6.98. The molecule has 30 heavy (non-hydrogen) atoms. The summed E-state index contributed by atoms with van der Waals surface area (Å²) in [5.41, 5.74) is 0.540. The summed E-state index contributed by atoms with van der Waals surface area (Å²) in [7, 11) is 1.42. The van der Waals surface area contributed by atoms with Crippen LogP contribution in [0.25, 0.3) is 11.1 Å². The number of carboxylic acids is 1. The topological polar surface area (TPSA) is 58.6 Å². The number of carbonyl (C=O) groups is 1. The molecule has 4 nitrogen and oxygen atoms in total. The molecule has 0 fully saturated rings. The molecule has 0 radical (unpaired) electrons. The van der Waals surface area contributed by atoms with E-state index in [0.717, 1.165) is 24.1 Å². The van der Waals surface area contributed by atoms with Gasteiger partial charge in [0.05, 0.1) is 28.8 Å². The van der Waals surface area contributed by atoms with Gasteiger partial charge in [-0.2, -0.15) is 13.2 Å². The van der Waals surface area contributed by atoms with Gasteiger partial charge in [0.2, 0.25) is 0 Å². The second kappa shape index (κ2) is 8.89. The molecule has 3 aromatic carbocycles. The highest BCUT2D eigenvalue weighted by molar-refractivity contribution is 8.00. The number of methoxy groups -OCH3 is 1. The second-order valence-electron chi connectivity index (χ2n) is 6.14. The molecule has 0 aromatic heterocycles. The minimum absolute atomic E-state index is 0.0270. The smallest absolute Gasteiger partial charge is 0.416 e. The molecule has 0 aliphatic heterocycles. The zero-order valence-corrected chi connectivity index (χ0v) is 17.0. The summed E-state index contributed by atoms with van der Waals surface area (Å²) in [5, 5.41) is 9.64. The number of hydrogen-bond acceptors (Lipinski definition) is 4. The number of nitrogens with one attached hydrogen (secondary N) is 1. The summed E-state index contributed by atoms with van der Waals surface area (Å²) in [6.45, 7) is 0. The molecule has 3 rings (SSSR count). The number of benzene rings is 3. The summed E-state index contributed by atoms with van der Waals surface area (Å²) in [4.78, 5) is 11.7. The summed E-state index contributed by atoms with van der Waals surface area (Å²) in [6.07, 6.45) is -4.52. The highest BCUT2D eigenvalue weighted by Gasteiger charge is 2.31. The van der Waals surface area contributed by atoms with Gasteiger partial charge in [0.25, 0.3) is 0 Å². The van der Waals surface area contributed by atoms with E-state index in [9.17, 15) is 23.1 Å². The van der Waals surface area contributed by atoms with Crippen LogP contribution in [0.3, 0.4) is 0 Å². The second-order valence-corrected chi connectivity index (χ2v) is 7.43. The van der Waals surface area contributed by atoms with Crippen LogP contribution >= 0.6 is 23.5 Å². The molecule has 3 aromatic rings. The maximum atomic E-state index is 13.2. The molecule has 0 heterocycles. The van der Waals surface area contributed by atoms with E-state index in [-0.39, 0.29) is 11.3 Å². The van der Waals surface area contributed by atoms with Crippen LogP contribution in [-0.4, -0.2) is 18.2 Å². The van der Waals surface area contributed by atoms with Gasteiger partial charge in [-0.05, 0) is 60.0 Å². The Morgan fingerprint density at radius 3 is 2.50 bits per heavy atom. The number of alkyl halides is 3. The van der Waals surface area contributed by atoms with Gasteiger partial charge in [-0.15, -0.1) is 0 Å². The Labute approximate surface area is 179 Å². The first-order valence-corrected chi connectivity index (χ1v) is 9.70. The van der Waals surface area contributed by atoms with E-state index in [4.69, 9.17) is 16.3 Å². The highest BCUT2D eigenvalue weighted by Crippen LogP contribution is 2.39. The lowest BCUT2D eigenvalue weighted by molar-refractivity contribution is -0.137. The molecule has 2 N–H and O–H groups in total. The maximum absolute atomic E-state index is 13.2. The van der Waals surface area contributed by atoms with Gasteiger partial charge in [0, 0.05) is 10.6 Å². The normalized spacial score (nSPS) is 11.2. The van der Waals surface area contributed by atoms with E-state index in [0.29, 0.717) is 26.8 Å². The van der Waals surface area contributed by atoms with Crippen LogP contribution in [0.15, 0.2) is 65.6 Å². The van der Waals surface area contributed by atoms with Crippen molar-refractivity contribution < 1.29 is 27.8 Å². The van der Waals surface area contributed by atoms with E-state index in [1.807, 2.05) is 0 Å². The summed E-state index contributed by atoms with van der Waals surface area (Å²) < 4.78 is 47.9. The van der Waals surface area contributed by atoms with Gasteiger partial charge < -0.3 is 14.6 Å². The number of anilines is 1. The fourth-order valence-electron chi connectivity index (χ4n) is 2.71. The zero-order chi connectivity index (χ0) is 21.9. The first-order chi connectivity index (χ1) is 14.2. The Hall–Kier alpha value is -2.84. The van der Waals surface area contributed by atoms with Crippen LogP contribution in [-0.2, 0) is 6.18 Å². The Morgan fingerprint density at radius 1 is 1.10 bits per heavy atom. The third-order valence-corrected chi connectivity index (χ3v) is 5.26. The average Bonchev–Trinajstić information content (AvgIpc) is 2.71. The van der Waals surface area contributed by atoms with Crippen molar-refractivity contribution >= 4 is 35.2 Å². The standard InChI is InChI=1S/C21H15ClF3NO3S/c1-29-18-8-5-13(20(27)28)10-19(18)30-26-17-11-14(21(23,24)25)6-7-16(17)12-3-2-4-15(22)9-12/h2-11,26H,1H3,(H,27,28). The van der Waals surface area contributed by atoms with Crippen molar-refractivity contribution in [2.45, 2.75) is 11.1 Å². The van der Waals surface area contributed by atoms with Crippen molar-refractivity contribution in [1.29, 1.82) is 0 Å². The molecule has 0 unspecified atom stereocenters. The zero-order valence-electron chi connectivity index (χ0n) is 15.5. The molecule has 0 saturated carbocycles. The Bertz CT molecular complexity index is 1090. The van der Waals surface area contributed by atoms with Crippen molar-refractivity contribution in [2.75, 3.05) is 11.8 Å². The van der Waals surface area contributed by atoms with Crippen molar-refractivity contribution in [3.05, 3.63) is 76.8 Å². The Kier molecular flexibility index (Phi) is 6.48. The van der Waals surface area contributed by atoms with Crippen LogP contribution < -0.4 is 9.46 Å². The number of carboxylic acid groups (broad SMARTS) is 1. The summed E-state index contributed by atoms with van der Waals surface area (Å²) in [6, 6.07) is 14.3. The minimum Gasteiger partial charge on any atom is -0.496 e. The van der Waals surface area contributed by atoms with E-state index >= 15 is 0 Å². The summed E-state index contributed by atoms with van der Waals surface area (Å²) in [5.74, 6) is -0.744. The molecule has 0 aliphatic rings. The molecule has 9 heteroatoms. The van der Waals surface area contributed by atoms with Gasteiger partial charge in [0.1, 0.15) is 5.75 Å². The number of rotatable bonds is 6. The highest BCUT2D eigenvalue weighted by atomic mass is 35.5. The predicted molar refractivity (Wildman–Crippen MR) is 111 cm³/mol. The third-order valence-electron chi connectivity index (χ3n) is 4.16. The number of halogens is 4. The van der Waals surface area contributed by atoms with E-state index in [1.54, 1.807) is 24.3 Å². The number of ether oxygens (including phenoxy) is 1. The monoisotopic (exact) mass is 453 g/mol. The van der Waals surface area contributed by atoms with Crippen LogP contribution in [0.2, 0.25) is 5.02 Å². The molecule has 0 atom stereocenters. The molecule has 0 aliphatic carbocycles. The van der Waals surface area contributed by atoms with Crippen molar-refractivity contribution in [1.82, 2.24) is 0 Å². The van der Waals surface area contributed by atoms with Gasteiger partial charge in [-0.3, -0.25) is 0 Å². The van der Waals surface area contributed by atoms with Crippen molar-refractivity contribution in [2.24, 2.45) is 0 Å². The van der Waals surface area contributed by atoms with E-state index < -0.39 is 17.7 Å².